The fourth-order valence-electron chi connectivity index (χ4n) is 3.71. The van der Waals surface area contributed by atoms with Gasteiger partial charge in [0.1, 0.15) is 25.4 Å². The molecule has 0 aliphatic rings. The van der Waals surface area contributed by atoms with Gasteiger partial charge in [-0.25, -0.2) is 0 Å². The summed E-state index contributed by atoms with van der Waals surface area (Å²) in [6, 6.07) is 3.53. The molecule has 0 aromatic heterocycles. The number of amides is 3. The number of nitrogens with zero attached hydrogens (tertiary/aromatic N) is 1. The van der Waals surface area contributed by atoms with Gasteiger partial charge in [-0.15, -0.1) is 11.8 Å². The van der Waals surface area contributed by atoms with Crippen molar-refractivity contribution in [2.24, 2.45) is 5.73 Å². The van der Waals surface area contributed by atoms with E-state index in [1.54, 1.807) is 4.90 Å². The monoisotopic (exact) mass is 582 g/mol. The smallest absolute Gasteiger partial charge is 0.322 e. The number of hydrogen-bond donors (Lipinski definition) is 5. The molecule has 0 radical (unpaired) electrons. The predicted molar refractivity (Wildman–Crippen MR) is 153 cm³/mol. The lowest BCUT2D eigenvalue weighted by Crippen LogP contribution is -2.49. The number of aryl methyl sites for hydroxylation is 2. The van der Waals surface area contributed by atoms with Crippen LogP contribution in [0.15, 0.2) is 18.2 Å². The molecule has 2 atom stereocenters. The summed E-state index contributed by atoms with van der Waals surface area (Å²) < 4.78 is 5.81. The summed E-state index contributed by atoms with van der Waals surface area (Å²) in [7, 11) is 0. The molecule has 3 amide bonds. The third-order valence-corrected chi connectivity index (χ3v) is 6.99. The molecular formula is C27H42N4O8S. The molecule has 0 unspecified atom stereocenters. The molecule has 0 bridgehead atoms. The molecule has 1 rings (SSSR count). The number of nitrogens with one attached hydrogen (secondary N) is 2. The molecule has 0 heterocycles. The van der Waals surface area contributed by atoms with Crippen LogP contribution in [0, 0.1) is 0 Å². The predicted octanol–water partition coefficient (Wildman–Crippen LogP) is 1.53. The van der Waals surface area contributed by atoms with E-state index in [1.807, 2.05) is 39.0 Å². The second-order valence-electron chi connectivity index (χ2n) is 9.07. The van der Waals surface area contributed by atoms with Crippen LogP contribution in [0.1, 0.15) is 57.6 Å². The first kappa shape index (κ1) is 34.9. The molecule has 6 N–H and O–H groups in total. The van der Waals surface area contributed by atoms with Crippen molar-refractivity contribution in [1.82, 2.24) is 10.6 Å². The van der Waals surface area contributed by atoms with Gasteiger partial charge in [0, 0.05) is 18.8 Å². The summed E-state index contributed by atoms with van der Waals surface area (Å²) in [6.45, 7) is 6.01. The van der Waals surface area contributed by atoms with E-state index >= 15 is 0 Å². The maximum Gasteiger partial charge on any atom is 0.322 e. The van der Waals surface area contributed by atoms with Crippen molar-refractivity contribution >= 4 is 47.1 Å². The number of benzene rings is 1. The molecule has 13 heteroatoms. The highest BCUT2D eigenvalue weighted by Gasteiger charge is 2.25. The molecule has 0 aliphatic carbocycles. The van der Waals surface area contributed by atoms with Gasteiger partial charge in [-0.2, -0.15) is 0 Å². The highest BCUT2D eigenvalue weighted by molar-refractivity contribution is 8.00. The van der Waals surface area contributed by atoms with E-state index in [0.29, 0.717) is 6.61 Å². The number of hydrogen-bond acceptors (Lipinski definition) is 8. The quantitative estimate of drug-likeness (QED) is 0.111. The number of anilines is 1. The fourth-order valence-corrected chi connectivity index (χ4v) is 4.63. The topological polar surface area (TPSA) is 188 Å². The van der Waals surface area contributed by atoms with E-state index in [9.17, 15) is 24.0 Å². The molecule has 224 valence electrons. The lowest BCUT2D eigenvalue weighted by atomic mass is 10.0. The van der Waals surface area contributed by atoms with Crippen molar-refractivity contribution in [1.29, 1.82) is 0 Å². The number of nitrogens with two attached hydrogens (primary N) is 1. The van der Waals surface area contributed by atoms with Gasteiger partial charge in [-0.05, 0) is 36.8 Å². The summed E-state index contributed by atoms with van der Waals surface area (Å²) in [5.74, 6) is -4.14. The van der Waals surface area contributed by atoms with Crippen molar-refractivity contribution < 1.29 is 38.9 Å². The zero-order valence-corrected chi connectivity index (χ0v) is 24.3. The Bertz CT molecular complexity index is 984. The van der Waals surface area contributed by atoms with Crippen LogP contribution in [-0.2, 0) is 41.6 Å². The van der Waals surface area contributed by atoms with E-state index in [0.717, 1.165) is 54.3 Å². The maximum absolute atomic E-state index is 13.5. The Morgan fingerprint density at radius 1 is 1.07 bits per heavy atom. The first-order valence-electron chi connectivity index (χ1n) is 13.4. The Kier molecular flexibility index (Phi) is 16.6. The number of carbonyl (C=O) groups is 5. The molecule has 12 nitrogen and oxygen atoms in total. The van der Waals surface area contributed by atoms with Crippen LogP contribution in [0.2, 0.25) is 0 Å². The number of carboxylic acids is 2. The number of unbranched alkanes of at least 4 members (excludes halogenated alkanes) is 1. The van der Waals surface area contributed by atoms with Gasteiger partial charge in [0.2, 0.25) is 17.7 Å². The Morgan fingerprint density at radius 3 is 2.27 bits per heavy atom. The summed E-state index contributed by atoms with van der Waals surface area (Å²) in [5, 5.41) is 22.5. The Morgan fingerprint density at radius 2 is 1.73 bits per heavy atom. The largest absolute Gasteiger partial charge is 0.480 e. The zero-order valence-electron chi connectivity index (χ0n) is 23.4. The Balaban J connectivity index is 3.00. The lowest BCUT2D eigenvalue weighted by molar-refractivity contribution is -0.139. The highest BCUT2D eigenvalue weighted by atomic mass is 32.2. The Hall–Kier alpha value is -3.16. The molecular weight excluding hydrogens is 540 g/mol. The summed E-state index contributed by atoms with van der Waals surface area (Å²) in [4.78, 5) is 61.8. The SMILES string of the molecule is CCCCOCN(C(=O)CSC[C@H](NC(=O)CC[C@H](N)C(=O)O)C(=O)NCC(=O)O)c1c(CC)cccc1CC. The lowest BCUT2D eigenvalue weighted by Gasteiger charge is -2.27. The first-order chi connectivity index (χ1) is 19.0. The van der Waals surface area contributed by atoms with Crippen LogP contribution in [-0.4, -0.2) is 83.3 Å². The number of aliphatic carboxylic acids is 2. The highest BCUT2D eigenvalue weighted by Crippen LogP contribution is 2.28. The van der Waals surface area contributed by atoms with Crippen LogP contribution < -0.4 is 21.3 Å². The minimum atomic E-state index is -1.26. The second-order valence-corrected chi connectivity index (χ2v) is 10.1. The molecule has 1 aromatic rings. The van der Waals surface area contributed by atoms with Gasteiger partial charge in [0.15, 0.2) is 0 Å². The van der Waals surface area contributed by atoms with Crippen LogP contribution >= 0.6 is 11.8 Å². The minimum absolute atomic E-state index is 0.0193. The standard InChI is InChI=1S/C27H42N4O8S/c1-4-7-13-39-17-31(25-18(5-2)9-8-10-19(25)6-3)23(33)16-40-15-21(26(36)29-14-24(34)35)30-22(32)12-11-20(28)27(37)38/h8-10,20-21H,4-7,11-17,28H2,1-3H3,(H,29,36)(H,30,32)(H,34,35)(H,37,38)/t20-,21-/m0/s1. The minimum Gasteiger partial charge on any atom is -0.480 e. The van der Waals surface area contributed by atoms with Crippen LogP contribution in [0.4, 0.5) is 5.69 Å². The van der Waals surface area contributed by atoms with Gasteiger partial charge >= 0.3 is 11.9 Å². The number of rotatable bonds is 20. The maximum atomic E-state index is 13.5. The third kappa shape index (κ3) is 12.3. The number of thioether (sulfide) groups is 1. The van der Waals surface area contributed by atoms with Crippen LogP contribution in [0.25, 0.3) is 0 Å². The van der Waals surface area contributed by atoms with Crippen molar-refractivity contribution in [2.75, 3.05) is 36.3 Å². The molecule has 1 aromatic carbocycles. The van der Waals surface area contributed by atoms with E-state index < -0.39 is 42.4 Å². The molecule has 40 heavy (non-hydrogen) atoms. The van der Waals surface area contributed by atoms with Gasteiger partial charge in [0.05, 0.1) is 11.4 Å². The van der Waals surface area contributed by atoms with E-state index in [1.165, 1.54) is 0 Å². The number of carbonyl (C=O) groups excluding carboxylic acids is 3. The fraction of sp³-hybridized carbons (Fsp3) is 0.593. The second kappa shape index (κ2) is 19.0. The van der Waals surface area contributed by atoms with Gasteiger partial charge in [-0.3, -0.25) is 28.9 Å². The van der Waals surface area contributed by atoms with E-state index in [2.05, 4.69) is 10.6 Å². The van der Waals surface area contributed by atoms with Crippen molar-refractivity contribution in [3.05, 3.63) is 29.3 Å². The zero-order chi connectivity index (χ0) is 30.1. The number of carboxylic acid groups (broad SMARTS) is 2. The summed E-state index contributed by atoms with van der Waals surface area (Å²) in [6.07, 6.45) is 2.87. The van der Waals surface area contributed by atoms with Crippen LogP contribution in [0.3, 0.4) is 0 Å². The Labute approximate surface area is 239 Å². The molecule has 0 fully saturated rings. The van der Waals surface area contributed by atoms with Crippen molar-refractivity contribution in [3.8, 4) is 0 Å². The first-order valence-corrected chi connectivity index (χ1v) is 14.5. The average Bonchev–Trinajstić information content (AvgIpc) is 2.93. The average molecular weight is 583 g/mol. The number of para-hydroxylation sites is 1. The summed E-state index contributed by atoms with van der Waals surface area (Å²) >= 11 is 1.11. The molecule has 0 spiro atoms. The normalized spacial score (nSPS) is 12.3. The van der Waals surface area contributed by atoms with Crippen molar-refractivity contribution in [2.45, 2.75) is 71.4 Å². The van der Waals surface area contributed by atoms with E-state index in [4.69, 9.17) is 20.7 Å². The van der Waals surface area contributed by atoms with Gasteiger partial charge < -0.3 is 31.3 Å². The van der Waals surface area contributed by atoms with Crippen molar-refractivity contribution in [3.63, 3.8) is 0 Å². The van der Waals surface area contributed by atoms with E-state index in [-0.39, 0.29) is 37.0 Å². The van der Waals surface area contributed by atoms with Crippen LogP contribution in [0.5, 0.6) is 0 Å². The summed E-state index contributed by atoms with van der Waals surface area (Å²) in [5.41, 5.74) is 8.27. The molecule has 0 aliphatic heterocycles. The van der Waals surface area contributed by atoms with Gasteiger partial charge in [-0.1, -0.05) is 45.4 Å². The third-order valence-electron chi connectivity index (χ3n) is 5.97. The molecule has 0 saturated carbocycles. The van der Waals surface area contributed by atoms with Gasteiger partial charge in [0.25, 0.3) is 0 Å². The number of ether oxygens (including phenoxy) is 1. The molecule has 0 saturated heterocycles.